The second kappa shape index (κ2) is 15.7. The standard InChI is InChI=1S/C41H48N10O6/c1-23(2)34(49(5)40(55)56)37(52)50-17-7-9-32(50)35-43-21-30(46-35)25-13-11-24(12-14-25)29-20-42-28-19-26(15-16-27(28)45-29)31-22-44-36(47-31)33-10-8-18-51(33)38(53)41(3,4)48-39(54)57-6/h11-16,19-23,32-34H,7-10,17-18H2,1-6H3,(H,43,46)(H,44,47)(H,48,54)(H,55,56)/t32-,33-,34-/m0/s1. The van der Waals surface area contributed by atoms with Gasteiger partial charge in [0, 0.05) is 43.0 Å². The number of carboxylic acid groups (broad SMARTS) is 1. The Morgan fingerprint density at radius 1 is 0.877 bits per heavy atom. The molecule has 16 nitrogen and oxygen atoms in total. The maximum Gasteiger partial charge on any atom is 0.407 e. The number of aromatic nitrogens is 6. The van der Waals surface area contributed by atoms with Crippen molar-refractivity contribution in [3.8, 4) is 33.8 Å². The molecular weight excluding hydrogens is 729 g/mol. The highest BCUT2D eigenvalue weighted by Gasteiger charge is 2.41. The number of fused-ring (bicyclic) bond motifs is 1. The summed E-state index contributed by atoms with van der Waals surface area (Å²) in [5.74, 6) is 0.759. The van der Waals surface area contributed by atoms with Gasteiger partial charge in [-0.2, -0.15) is 0 Å². The van der Waals surface area contributed by atoms with Crippen molar-refractivity contribution < 1.29 is 29.0 Å². The minimum Gasteiger partial charge on any atom is -0.465 e. The lowest BCUT2D eigenvalue weighted by Crippen LogP contribution is -2.55. The van der Waals surface area contributed by atoms with Gasteiger partial charge in [0.1, 0.15) is 23.2 Å². The summed E-state index contributed by atoms with van der Waals surface area (Å²) in [6.07, 6.45) is 6.66. The van der Waals surface area contributed by atoms with Crippen LogP contribution in [0.4, 0.5) is 9.59 Å². The molecule has 3 atom stereocenters. The van der Waals surface area contributed by atoms with Gasteiger partial charge in [-0.25, -0.2) is 24.5 Å². The van der Waals surface area contributed by atoms with Crippen molar-refractivity contribution in [3.63, 3.8) is 0 Å². The van der Waals surface area contributed by atoms with Crippen LogP contribution in [0.15, 0.2) is 61.1 Å². The molecule has 2 fully saturated rings. The summed E-state index contributed by atoms with van der Waals surface area (Å²) in [4.78, 5) is 81.0. The van der Waals surface area contributed by atoms with E-state index >= 15 is 0 Å². The number of methoxy groups -OCH3 is 1. The number of likely N-dealkylation sites (tertiary alicyclic amines) is 2. The SMILES string of the molecule is COC(=O)NC(C)(C)C(=O)N1CCC[C@H]1c1ncc(-c2ccc3nc(-c4ccc(-c5c[nH]c([C@@H]6CCCN6C(=O)[C@H](C(C)C)N(C)C(=O)O)n5)cc4)cnc3c2)[nH]1. The van der Waals surface area contributed by atoms with Crippen LogP contribution >= 0.6 is 0 Å². The largest absolute Gasteiger partial charge is 0.465 e. The Bertz CT molecular complexity index is 2300. The minimum atomic E-state index is -1.14. The van der Waals surface area contributed by atoms with Crippen molar-refractivity contribution >= 4 is 35.0 Å². The summed E-state index contributed by atoms with van der Waals surface area (Å²) in [7, 11) is 2.71. The smallest absolute Gasteiger partial charge is 0.407 e. The predicted octanol–water partition coefficient (Wildman–Crippen LogP) is 6.17. The Labute approximate surface area is 330 Å². The van der Waals surface area contributed by atoms with Crippen LogP contribution in [0.2, 0.25) is 0 Å². The van der Waals surface area contributed by atoms with E-state index in [-0.39, 0.29) is 29.8 Å². The molecule has 2 saturated heterocycles. The number of nitrogens with zero attached hydrogens (tertiary/aromatic N) is 7. The fourth-order valence-corrected chi connectivity index (χ4v) is 7.95. The summed E-state index contributed by atoms with van der Waals surface area (Å²) < 4.78 is 4.71. The van der Waals surface area contributed by atoms with Gasteiger partial charge in [-0.1, -0.05) is 44.2 Å². The highest BCUT2D eigenvalue weighted by Crippen LogP contribution is 2.35. The molecule has 3 aromatic heterocycles. The average molecular weight is 777 g/mol. The average Bonchev–Trinajstić information content (AvgIpc) is 4.04. The van der Waals surface area contributed by atoms with E-state index in [1.807, 2.05) is 62.5 Å². The quantitative estimate of drug-likeness (QED) is 0.127. The van der Waals surface area contributed by atoms with Gasteiger partial charge >= 0.3 is 12.2 Å². The first-order valence-corrected chi connectivity index (χ1v) is 19.2. The zero-order chi connectivity index (χ0) is 40.6. The third-order valence-electron chi connectivity index (χ3n) is 10.9. The third kappa shape index (κ3) is 7.76. The van der Waals surface area contributed by atoms with Crippen LogP contribution in [0.1, 0.15) is 77.1 Å². The summed E-state index contributed by atoms with van der Waals surface area (Å²) in [6.45, 7) is 8.14. The maximum absolute atomic E-state index is 13.6. The van der Waals surface area contributed by atoms with Crippen molar-refractivity contribution in [2.45, 2.75) is 77.0 Å². The highest BCUT2D eigenvalue weighted by atomic mass is 16.5. The molecule has 0 radical (unpaired) electrons. The normalized spacial score (nSPS) is 17.6. The number of benzene rings is 2. The molecule has 2 aliphatic rings. The highest BCUT2D eigenvalue weighted by molar-refractivity contribution is 5.90. The Kier molecular flexibility index (Phi) is 10.7. The Morgan fingerprint density at radius 2 is 1.53 bits per heavy atom. The Hall–Kier alpha value is -6.32. The van der Waals surface area contributed by atoms with E-state index in [1.54, 1.807) is 36.0 Å². The van der Waals surface area contributed by atoms with Crippen molar-refractivity contribution in [1.82, 2.24) is 49.9 Å². The number of ether oxygens (including phenoxy) is 1. The number of alkyl carbamates (subject to hydrolysis) is 1. The number of aromatic amines is 2. The maximum atomic E-state index is 13.6. The van der Waals surface area contributed by atoms with Gasteiger partial charge in [-0.3, -0.25) is 19.5 Å². The Balaban J connectivity index is 1.03. The number of H-pyrrole nitrogens is 2. The molecule has 298 valence electrons. The molecule has 57 heavy (non-hydrogen) atoms. The first-order chi connectivity index (χ1) is 27.2. The number of rotatable bonds is 10. The van der Waals surface area contributed by atoms with E-state index in [0.29, 0.717) is 24.7 Å². The molecule has 2 aliphatic heterocycles. The number of hydrogen-bond acceptors (Lipinski definition) is 9. The van der Waals surface area contributed by atoms with Crippen LogP contribution < -0.4 is 5.32 Å². The first-order valence-electron chi connectivity index (χ1n) is 19.2. The second-order valence-corrected chi connectivity index (χ2v) is 15.6. The van der Waals surface area contributed by atoms with Crippen LogP contribution in [-0.2, 0) is 14.3 Å². The van der Waals surface area contributed by atoms with E-state index in [0.717, 1.165) is 75.4 Å². The van der Waals surface area contributed by atoms with Gasteiger partial charge in [0.15, 0.2) is 0 Å². The molecule has 5 aromatic rings. The second-order valence-electron chi connectivity index (χ2n) is 15.6. The van der Waals surface area contributed by atoms with Crippen LogP contribution in [0.25, 0.3) is 44.8 Å². The number of likely N-dealkylation sites (N-methyl/N-ethyl adjacent to an activating group) is 1. The number of imidazole rings is 2. The van der Waals surface area contributed by atoms with Crippen LogP contribution in [0.5, 0.6) is 0 Å². The van der Waals surface area contributed by atoms with Crippen LogP contribution in [0.3, 0.4) is 0 Å². The first kappa shape index (κ1) is 38.9. The molecule has 2 aromatic carbocycles. The predicted molar refractivity (Wildman–Crippen MR) is 212 cm³/mol. The number of hydrogen-bond donors (Lipinski definition) is 4. The number of nitrogens with one attached hydrogen (secondary N) is 3. The zero-order valence-electron chi connectivity index (χ0n) is 32.9. The monoisotopic (exact) mass is 776 g/mol. The fourth-order valence-electron chi connectivity index (χ4n) is 7.95. The lowest BCUT2D eigenvalue weighted by molar-refractivity contribution is -0.139. The third-order valence-corrected chi connectivity index (χ3v) is 10.9. The van der Waals surface area contributed by atoms with Gasteiger partial charge in [0.25, 0.3) is 0 Å². The minimum absolute atomic E-state index is 0.181. The molecular formula is C41H48N10O6. The molecule has 0 spiro atoms. The van der Waals surface area contributed by atoms with Crippen molar-refractivity contribution in [3.05, 3.63) is 72.7 Å². The lowest BCUT2D eigenvalue weighted by Gasteiger charge is -2.33. The number of carbonyl (C=O) groups excluding carboxylic acids is 3. The lowest BCUT2D eigenvalue weighted by atomic mass is 10.0. The van der Waals surface area contributed by atoms with Crippen molar-refractivity contribution in [2.75, 3.05) is 27.2 Å². The van der Waals surface area contributed by atoms with E-state index in [2.05, 4.69) is 20.3 Å². The number of amides is 4. The number of carbonyl (C=O) groups is 4. The van der Waals surface area contributed by atoms with Crippen LogP contribution in [0, 0.1) is 5.92 Å². The zero-order valence-corrected chi connectivity index (χ0v) is 32.9. The van der Waals surface area contributed by atoms with E-state index < -0.39 is 23.8 Å². The molecule has 4 amide bonds. The van der Waals surface area contributed by atoms with Gasteiger partial charge in [0.05, 0.1) is 59.7 Å². The molecule has 0 aliphatic carbocycles. The topological polar surface area (TPSA) is 203 Å². The molecule has 0 bridgehead atoms. The van der Waals surface area contributed by atoms with E-state index in [4.69, 9.17) is 19.7 Å². The fraction of sp³-hybridized carbons (Fsp3) is 0.415. The molecule has 0 unspecified atom stereocenters. The molecule has 16 heteroatoms. The van der Waals surface area contributed by atoms with Crippen molar-refractivity contribution in [2.24, 2.45) is 5.92 Å². The van der Waals surface area contributed by atoms with Gasteiger partial charge in [-0.05, 0) is 57.6 Å². The van der Waals surface area contributed by atoms with Crippen molar-refractivity contribution in [1.29, 1.82) is 0 Å². The van der Waals surface area contributed by atoms with Crippen LogP contribution in [-0.4, -0.2) is 113 Å². The molecule has 4 N–H and O–H groups in total. The summed E-state index contributed by atoms with van der Waals surface area (Å²) >= 11 is 0. The van der Waals surface area contributed by atoms with E-state index in [9.17, 15) is 24.3 Å². The van der Waals surface area contributed by atoms with Gasteiger partial charge in [-0.15, -0.1) is 0 Å². The van der Waals surface area contributed by atoms with Gasteiger partial charge in [0.2, 0.25) is 11.8 Å². The van der Waals surface area contributed by atoms with E-state index in [1.165, 1.54) is 14.2 Å². The molecule has 7 rings (SSSR count). The molecule has 5 heterocycles. The summed E-state index contributed by atoms with van der Waals surface area (Å²) in [5, 5.41) is 12.2. The molecule has 0 saturated carbocycles. The summed E-state index contributed by atoms with van der Waals surface area (Å²) in [6, 6.07) is 12.5. The van der Waals surface area contributed by atoms with Gasteiger partial charge < -0.3 is 34.9 Å². The Morgan fingerprint density at radius 3 is 2.19 bits per heavy atom. The summed E-state index contributed by atoms with van der Waals surface area (Å²) in [5.41, 5.74) is 5.22.